The van der Waals surface area contributed by atoms with E-state index in [1.54, 1.807) is 49.4 Å². The lowest BCUT2D eigenvalue weighted by Gasteiger charge is -2.11. The van der Waals surface area contributed by atoms with Gasteiger partial charge in [-0.1, -0.05) is 46.9 Å². The second kappa shape index (κ2) is 7.67. The lowest BCUT2D eigenvalue weighted by atomic mass is 10.1. The molecule has 1 heterocycles. The van der Waals surface area contributed by atoms with Gasteiger partial charge in [0.1, 0.15) is 0 Å². The van der Waals surface area contributed by atoms with Crippen molar-refractivity contribution >= 4 is 53.2 Å². The Hall–Kier alpha value is -1.72. The number of aromatic carboxylic acids is 1. The predicted octanol–water partition coefficient (Wildman–Crippen LogP) is 5.93. The van der Waals surface area contributed by atoms with Crippen LogP contribution in [0.4, 0.5) is 0 Å². The van der Waals surface area contributed by atoms with Crippen molar-refractivity contribution in [3.63, 3.8) is 0 Å². The van der Waals surface area contributed by atoms with Gasteiger partial charge in [0.2, 0.25) is 0 Å². The van der Waals surface area contributed by atoms with Gasteiger partial charge in [0.25, 0.3) is 0 Å². The Morgan fingerprint density at radius 2 is 1.64 bits per heavy atom. The largest absolute Gasteiger partial charge is 0.476 e. The Balaban J connectivity index is 0.00000225. The van der Waals surface area contributed by atoms with Gasteiger partial charge < -0.3 is 5.11 Å². The SMILES string of the molecule is Cc1c(C(=O)O)nn(-c2ccc(Cl)cc2Cl)c1-c1ccc(Cl)cc1.Cl. The smallest absolute Gasteiger partial charge is 0.356 e. The first-order valence-electron chi connectivity index (χ1n) is 6.92. The number of aromatic nitrogens is 2. The van der Waals surface area contributed by atoms with Crippen molar-refractivity contribution in [2.75, 3.05) is 0 Å². The van der Waals surface area contributed by atoms with E-state index in [2.05, 4.69) is 5.10 Å². The Bertz CT molecular complexity index is 937. The Morgan fingerprint density at radius 1 is 1.04 bits per heavy atom. The highest BCUT2D eigenvalue weighted by Crippen LogP contribution is 2.33. The fraction of sp³-hybridized carbons (Fsp3) is 0.0588. The third-order valence-corrected chi connectivity index (χ3v) is 4.37. The minimum atomic E-state index is -1.11. The minimum Gasteiger partial charge on any atom is -0.476 e. The normalized spacial score (nSPS) is 10.4. The van der Waals surface area contributed by atoms with Gasteiger partial charge in [-0.25, -0.2) is 9.48 Å². The van der Waals surface area contributed by atoms with Gasteiger partial charge in [-0.15, -0.1) is 12.4 Å². The van der Waals surface area contributed by atoms with Crippen LogP contribution in [0.2, 0.25) is 15.1 Å². The molecule has 0 atom stereocenters. The van der Waals surface area contributed by atoms with Gasteiger partial charge >= 0.3 is 5.97 Å². The Kier molecular flexibility index (Phi) is 6.01. The second-order valence-corrected chi connectivity index (χ2v) is 6.42. The highest BCUT2D eigenvalue weighted by molar-refractivity contribution is 6.35. The number of carboxylic acid groups (broad SMARTS) is 1. The molecule has 0 radical (unpaired) electrons. The first kappa shape index (κ1) is 19.6. The molecule has 0 amide bonds. The van der Waals surface area contributed by atoms with Gasteiger partial charge in [0.15, 0.2) is 5.69 Å². The summed E-state index contributed by atoms with van der Waals surface area (Å²) in [5, 5.41) is 15.1. The van der Waals surface area contributed by atoms with E-state index in [0.29, 0.717) is 32.0 Å². The van der Waals surface area contributed by atoms with Crippen LogP contribution in [0.5, 0.6) is 0 Å². The maximum atomic E-state index is 11.5. The molecular formula is C17H12Cl4N2O2. The number of nitrogens with zero attached hydrogens (tertiary/aromatic N) is 2. The molecule has 130 valence electrons. The van der Waals surface area contributed by atoms with E-state index >= 15 is 0 Å². The molecule has 1 N–H and O–H groups in total. The van der Waals surface area contributed by atoms with Crippen molar-refractivity contribution in [1.82, 2.24) is 9.78 Å². The summed E-state index contributed by atoms with van der Waals surface area (Å²) in [6.07, 6.45) is 0. The van der Waals surface area contributed by atoms with E-state index in [4.69, 9.17) is 34.8 Å². The highest BCUT2D eigenvalue weighted by atomic mass is 35.5. The first-order chi connectivity index (χ1) is 11.4. The average molecular weight is 418 g/mol. The summed E-state index contributed by atoms with van der Waals surface area (Å²) in [6, 6.07) is 12.0. The lowest BCUT2D eigenvalue weighted by molar-refractivity contribution is 0.0689. The monoisotopic (exact) mass is 416 g/mol. The van der Waals surface area contributed by atoms with Gasteiger partial charge in [-0.3, -0.25) is 0 Å². The molecule has 8 heteroatoms. The van der Waals surface area contributed by atoms with Crippen molar-refractivity contribution in [2.24, 2.45) is 0 Å². The quantitative estimate of drug-likeness (QED) is 0.574. The van der Waals surface area contributed by atoms with Crippen molar-refractivity contribution in [1.29, 1.82) is 0 Å². The van der Waals surface area contributed by atoms with Gasteiger partial charge in [-0.2, -0.15) is 5.10 Å². The van der Waals surface area contributed by atoms with Gasteiger partial charge in [0.05, 0.1) is 16.4 Å². The summed E-state index contributed by atoms with van der Waals surface area (Å²) >= 11 is 18.2. The van der Waals surface area contributed by atoms with E-state index in [-0.39, 0.29) is 18.1 Å². The molecular weight excluding hydrogens is 406 g/mol. The fourth-order valence-electron chi connectivity index (χ4n) is 2.47. The summed E-state index contributed by atoms with van der Waals surface area (Å²) in [5.41, 5.74) is 2.46. The maximum Gasteiger partial charge on any atom is 0.356 e. The zero-order chi connectivity index (χ0) is 17.4. The topological polar surface area (TPSA) is 55.1 Å². The number of benzene rings is 2. The molecule has 0 spiro atoms. The maximum absolute atomic E-state index is 11.5. The van der Waals surface area contributed by atoms with Gasteiger partial charge in [-0.05, 0) is 37.3 Å². The Labute approximate surface area is 165 Å². The molecule has 0 aliphatic heterocycles. The molecule has 1 aromatic heterocycles. The molecule has 0 aliphatic carbocycles. The number of hydrogen-bond donors (Lipinski definition) is 1. The van der Waals surface area contributed by atoms with Crippen LogP contribution in [0.25, 0.3) is 16.9 Å². The third-order valence-electron chi connectivity index (χ3n) is 3.58. The first-order valence-corrected chi connectivity index (χ1v) is 8.06. The Morgan fingerprint density at radius 3 is 2.20 bits per heavy atom. The summed E-state index contributed by atoms with van der Waals surface area (Å²) < 4.78 is 1.51. The minimum absolute atomic E-state index is 0. The van der Waals surface area contributed by atoms with Crippen LogP contribution in [-0.4, -0.2) is 20.9 Å². The molecule has 0 unspecified atom stereocenters. The number of halogens is 4. The van der Waals surface area contributed by atoms with Crippen molar-refractivity contribution < 1.29 is 9.90 Å². The van der Waals surface area contributed by atoms with Crippen LogP contribution in [0.3, 0.4) is 0 Å². The highest BCUT2D eigenvalue weighted by Gasteiger charge is 2.22. The zero-order valence-electron chi connectivity index (χ0n) is 12.8. The molecule has 0 aliphatic rings. The molecule has 3 rings (SSSR count). The summed E-state index contributed by atoms with van der Waals surface area (Å²) in [4.78, 5) is 11.5. The summed E-state index contributed by atoms with van der Waals surface area (Å²) in [6.45, 7) is 1.71. The van der Waals surface area contributed by atoms with Crippen LogP contribution in [0.15, 0.2) is 42.5 Å². The van der Waals surface area contributed by atoms with E-state index in [1.165, 1.54) is 4.68 Å². The van der Waals surface area contributed by atoms with E-state index < -0.39 is 5.97 Å². The van der Waals surface area contributed by atoms with Crippen LogP contribution in [0, 0.1) is 6.92 Å². The molecule has 3 aromatic rings. The molecule has 0 bridgehead atoms. The number of carboxylic acids is 1. The van der Waals surface area contributed by atoms with Crippen LogP contribution < -0.4 is 0 Å². The fourth-order valence-corrected chi connectivity index (χ4v) is 3.09. The molecule has 0 fully saturated rings. The molecule has 25 heavy (non-hydrogen) atoms. The third kappa shape index (κ3) is 3.77. The number of hydrogen-bond acceptors (Lipinski definition) is 2. The second-order valence-electron chi connectivity index (χ2n) is 5.14. The lowest BCUT2D eigenvalue weighted by Crippen LogP contribution is -2.03. The zero-order valence-corrected chi connectivity index (χ0v) is 15.9. The molecule has 2 aromatic carbocycles. The van der Waals surface area contributed by atoms with Crippen LogP contribution >= 0.6 is 47.2 Å². The summed E-state index contributed by atoms with van der Waals surface area (Å²) in [7, 11) is 0. The van der Waals surface area contributed by atoms with E-state index in [0.717, 1.165) is 5.56 Å². The van der Waals surface area contributed by atoms with E-state index in [9.17, 15) is 9.90 Å². The molecule has 0 saturated carbocycles. The standard InChI is InChI=1S/C17H11Cl3N2O2.ClH/c1-9-15(17(23)24)21-22(14-7-6-12(19)8-13(14)20)16(9)10-2-4-11(18)5-3-10;/h2-8H,1H3,(H,23,24);1H. The molecule has 4 nitrogen and oxygen atoms in total. The van der Waals surface area contributed by atoms with Crippen molar-refractivity contribution in [2.45, 2.75) is 6.92 Å². The number of rotatable bonds is 3. The van der Waals surface area contributed by atoms with E-state index in [1.807, 2.05) is 0 Å². The van der Waals surface area contributed by atoms with Crippen molar-refractivity contribution in [3.05, 3.63) is 68.8 Å². The van der Waals surface area contributed by atoms with Crippen molar-refractivity contribution in [3.8, 4) is 16.9 Å². The number of carbonyl (C=O) groups is 1. The van der Waals surface area contributed by atoms with Gasteiger partial charge in [0, 0.05) is 21.2 Å². The average Bonchev–Trinajstić information content (AvgIpc) is 2.86. The van der Waals surface area contributed by atoms with Crippen LogP contribution in [-0.2, 0) is 0 Å². The van der Waals surface area contributed by atoms with Crippen LogP contribution in [0.1, 0.15) is 16.1 Å². The summed E-state index contributed by atoms with van der Waals surface area (Å²) in [5.74, 6) is -1.11. The molecule has 0 saturated heterocycles. The predicted molar refractivity (Wildman–Crippen MR) is 103 cm³/mol.